The van der Waals surface area contributed by atoms with Crippen LogP contribution in [0.25, 0.3) is 0 Å². The molecule has 0 unspecified atom stereocenters. The molecule has 1 fully saturated rings. The van der Waals surface area contributed by atoms with Crippen molar-refractivity contribution in [2.45, 2.75) is 64.0 Å². The van der Waals surface area contributed by atoms with Crippen LogP contribution in [-0.4, -0.2) is 41.3 Å². The second kappa shape index (κ2) is 9.42. The lowest BCUT2D eigenvalue weighted by atomic mass is 9.78. The summed E-state index contributed by atoms with van der Waals surface area (Å²) in [6.45, 7) is 7.80. The van der Waals surface area contributed by atoms with Gasteiger partial charge in [0.05, 0.1) is 23.2 Å². The molecule has 0 spiro atoms. The molecule has 0 aliphatic carbocycles. The van der Waals surface area contributed by atoms with Gasteiger partial charge in [-0.15, -0.1) is 0 Å². The fourth-order valence-corrected chi connectivity index (χ4v) is 3.47. The van der Waals surface area contributed by atoms with Crippen molar-refractivity contribution in [2.24, 2.45) is 0 Å². The first-order chi connectivity index (χ1) is 15.7. The lowest BCUT2D eigenvalue weighted by Gasteiger charge is -2.32. The molecule has 10 heteroatoms. The molecule has 34 heavy (non-hydrogen) atoms. The van der Waals surface area contributed by atoms with E-state index in [0.717, 1.165) is 17.6 Å². The number of amides is 1. The molecule has 2 N–H and O–H groups in total. The third-order valence-electron chi connectivity index (χ3n) is 6.22. The zero-order valence-corrected chi connectivity index (χ0v) is 19.4. The Bertz CT molecular complexity index is 1020. The van der Waals surface area contributed by atoms with E-state index < -0.39 is 48.0 Å². The maximum atomic E-state index is 12.7. The number of nitrogens with one attached hydrogen (secondary N) is 1. The van der Waals surface area contributed by atoms with E-state index in [1.54, 1.807) is 24.3 Å². The van der Waals surface area contributed by atoms with E-state index in [4.69, 9.17) is 9.31 Å². The van der Waals surface area contributed by atoms with Crippen LogP contribution in [0.3, 0.4) is 0 Å². The van der Waals surface area contributed by atoms with Crippen molar-refractivity contribution in [3.63, 3.8) is 0 Å². The summed E-state index contributed by atoms with van der Waals surface area (Å²) >= 11 is 0. The lowest BCUT2D eigenvalue weighted by molar-refractivity contribution is -0.141. The smallest absolute Gasteiger partial charge is 0.480 e. The molecule has 1 amide bonds. The van der Waals surface area contributed by atoms with Crippen molar-refractivity contribution in [1.29, 1.82) is 0 Å². The van der Waals surface area contributed by atoms with Crippen LogP contribution in [0, 0.1) is 0 Å². The molecular formula is C24H27BF3NO5. The molecular weight excluding hydrogens is 450 g/mol. The van der Waals surface area contributed by atoms with Crippen LogP contribution in [0.2, 0.25) is 0 Å². The van der Waals surface area contributed by atoms with Crippen LogP contribution >= 0.6 is 0 Å². The summed E-state index contributed by atoms with van der Waals surface area (Å²) in [6.07, 6.45) is -4.66. The summed E-state index contributed by atoms with van der Waals surface area (Å²) in [5.74, 6) is -1.81. The van der Waals surface area contributed by atoms with E-state index in [-0.39, 0.29) is 12.8 Å². The number of hydrogen-bond donors (Lipinski definition) is 2. The van der Waals surface area contributed by atoms with Gasteiger partial charge in [-0.3, -0.25) is 4.79 Å². The van der Waals surface area contributed by atoms with Gasteiger partial charge >= 0.3 is 19.3 Å². The molecule has 1 aliphatic rings. The molecule has 3 rings (SSSR count). The van der Waals surface area contributed by atoms with Crippen molar-refractivity contribution < 1.29 is 37.2 Å². The minimum atomic E-state index is -4.47. The summed E-state index contributed by atoms with van der Waals surface area (Å²) in [7, 11) is -0.544. The quantitative estimate of drug-likeness (QED) is 0.598. The van der Waals surface area contributed by atoms with Crippen LogP contribution in [0.1, 0.15) is 44.4 Å². The predicted octanol–water partition coefficient (Wildman–Crippen LogP) is 3.36. The first kappa shape index (κ1) is 25.8. The number of benzene rings is 2. The number of carboxylic acid groups (broad SMARTS) is 1. The summed E-state index contributed by atoms with van der Waals surface area (Å²) in [4.78, 5) is 24.0. The number of alkyl halides is 3. The molecule has 182 valence electrons. The van der Waals surface area contributed by atoms with E-state index in [0.29, 0.717) is 11.1 Å². The highest BCUT2D eigenvalue weighted by molar-refractivity contribution is 6.62. The van der Waals surface area contributed by atoms with Gasteiger partial charge in [-0.25, -0.2) is 4.79 Å². The van der Waals surface area contributed by atoms with E-state index in [1.807, 2.05) is 27.7 Å². The fourth-order valence-electron chi connectivity index (χ4n) is 3.47. The van der Waals surface area contributed by atoms with Crippen LogP contribution < -0.4 is 10.8 Å². The Hall–Kier alpha value is -2.85. The molecule has 0 saturated carbocycles. The predicted molar refractivity (Wildman–Crippen MR) is 121 cm³/mol. The molecule has 1 atom stereocenters. The van der Waals surface area contributed by atoms with Crippen molar-refractivity contribution in [1.82, 2.24) is 5.32 Å². The lowest BCUT2D eigenvalue weighted by Crippen LogP contribution is -2.43. The Labute approximate surface area is 196 Å². The largest absolute Gasteiger partial charge is 0.494 e. The fraction of sp³-hybridized carbons (Fsp3) is 0.417. The number of carboxylic acids is 1. The number of hydrogen-bond acceptors (Lipinski definition) is 4. The van der Waals surface area contributed by atoms with E-state index >= 15 is 0 Å². The third-order valence-corrected chi connectivity index (χ3v) is 6.22. The average molecular weight is 477 g/mol. The maximum absolute atomic E-state index is 12.7. The molecule has 6 nitrogen and oxygen atoms in total. The van der Waals surface area contributed by atoms with Gasteiger partial charge in [0.2, 0.25) is 5.91 Å². The first-order valence-corrected chi connectivity index (χ1v) is 10.8. The number of halogens is 3. The van der Waals surface area contributed by atoms with Crippen LogP contribution in [0.4, 0.5) is 13.2 Å². The van der Waals surface area contributed by atoms with Crippen molar-refractivity contribution in [3.8, 4) is 0 Å². The van der Waals surface area contributed by atoms with Gasteiger partial charge in [0.25, 0.3) is 0 Å². The summed E-state index contributed by atoms with van der Waals surface area (Å²) in [6, 6.07) is 10.1. The van der Waals surface area contributed by atoms with Gasteiger partial charge in [-0.2, -0.15) is 13.2 Å². The molecule has 1 aliphatic heterocycles. The average Bonchev–Trinajstić information content (AvgIpc) is 2.94. The standard InChI is InChI=1S/C24H27BF3NO5/c1-22(2)23(3,4)34-25(33-22)18-11-7-15(8-12-18)13-19(21(31)32)29-20(30)14-16-5-9-17(10-6-16)24(26,27)28/h5-12,19H,13-14H2,1-4H3,(H,29,30)(H,31,32)/t19-/m1/s1. The molecule has 0 radical (unpaired) electrons. The zero-order chi connectivity index (χ0) is 25.3. The SMILES string of the molecule is CC1(C)OB(c2ccc(C[C@@H](NC(=O)Cc3ccc(C(F)(F)F)cc3)C(=O)O)cc2)OC1(C)C. The highest BCUT2D eigenvalue weighted by atomic mass is 19.4. The van der Waals surface area contributed by atoms with Crippen LogP contribution in [-0.2, 0) is 37.9 Å². The Morgan fingerprint density at radius 1 is 0.941 bits per heavy atom. The van der Waals surface area contributed by atoms with Gasteiger partial charge in [0.15, 0.2) is 0 Å². The number of aliphatic carboxylic acids is 1. The van der Waals surface area contributed by atoms with Gasteiger partial charge in [-0.05, 0) is 56.4 Å². The third kappa shape index (κ3) is 5.98. The Morgan fingerprint density at radius 2 is 1.44 bits per heavy atom. The number of rotatable bonds is 7. The topological polar surface area (TPSA) is 84.9 Å². The maximum Gasteiger partial charge on any atom is 0.494 e. The minimum absolute atomic E-state index is 0.0394. The van der Waals surface area contributed by atoms with Crippen molar-refractivity contribution in [3.05, 3.63) is 65.2 Å². The summed E-state index contributed by atoms with van der Waals surface area (Å²) in [5, 5.41) is 12.0. The summed E-state index contributed by atoms with van der Waals surface area (Å²) < 4.78 is 50.0. The van der Waals surface area contributed by atoms with Gasteiger partial charge in [-0.1, -0.05) is 36.4 Å². The summed E-state index contributed by atoms with van der Waals surface area (Å²) in [5.41, 5.74) is 0.0399. The highest BCUT2D eigenvalue weighted by Crippen LogP contribution is 2.36. The van der Waals surface area contributed by atoms with E-state index in [2.05, 4.69) is 5.32 Å². The second-order valence-electron chi connectivity index (χ2n) is 9.36. The Morgan fingerprint density at radius 3 is 1.91 bits per heavy atom. The van der Waals surface area contributed by atoms with Crippen molar-refractivity contribution in [2.75, 3.05) is 0 Å². The van der Waals surface area contributed by atoms with Crippen LogP contribution in [0.15, 0.2) is 48.5 Å². The Balaban J connectivity index is 1.61. The highest BCUT2D eigenvalue weighted by Gasteiger charge is 2.51. The number of carbonyl (C=O) groups is 2. The molecule has 2 aromatic carbocycles. The minimum Gasteiger partial charge on any atom is -0.480 e. The van der Waals surface area contributed by atoms with Crippen molar-refractivity contribution >= 4 is 24.5 Å². The van der Waals surface area contributed by atoms with Gasteiger partial charge < -0.3 is 19.7 Å². The Kier molecular flexibility index (Phi) is 7.14. The van der Waals surface area contributed by atoms with E-state index in [1.165, 1.54) is 12.1 Å². The molecule has 1 saturated heterocycles. The van der Waals surface area contributed by atoms with Gasteiger partial charge in [0.1, 0.15) is 6.04 Å². The van der Waals surface area contributed by atoms with Gasteiger partial charge in [0, 0.05) is 6.42 Å². The number of carbonyl (C=O) groups excluding carboxylic acids is 1. The normalized spacial score (nSPS) is 17.9. The monoisotopic (exact) mass is 477 g/mol. The molecule has 2 aromatic rings. The molecule has 0 aromatic heterocycles. The van der Waals surface area contributed by atoms with Crippen LogP contribution in [0.5, 0.6) is 0 Å². The first-order valence-electron chi connectivity index (χ1n) is 10.8. The zero-order valence-electron chi connectivity index (χ0n) is 19.4. The molecule has 0 bridgehead atoms. The van der Waals surface area contributed by atoms with E-state index in [9.17, 15) is 27.9 Å². The molecule has 1 heterocycles. The second-order valence-corrected chi connectivity index (χ2v) is 9.36.